The molecule has 0 radical (unpaired) electrons. The molecule has 1 aromatic heterocycles. The minimum absolute atomic E-state index is 0.00564. The van der Waals surface area contributed by atoms with Crippen molar-refractivity contribution in [1.82, 2.24) is 9.88 Å². The second-order valence-electron chi connectivity index (χ2n) is 9.14. The molecule has 4 N–H and O–H groups in total. The molecular formula is C21H26F5N5O. The summed E-state index contributed by atoms with van der Waals surface area (Å²) in [5, 5.41) is 0. The molecule has 0 bridgehead atoms. The molecule has 32 heavy (non-hydrogen) atoms. The van der Waals surface area contributed by atoms with E-state index in [1.54, 1.807) is 6.08 Å². The normalized spacial score (nSPS) is 30.2. The predicted octanol–water partition coefficient (Wildman–Crippen LogP) is 3.69. The number of nitrogens with two attached hydrogens (primary N) is 2. The third kappa shape index (κ3) is 4.82. The average molecular weight is 459 g/mol. The van der Waals surface area contributed by atoms with Crippen LogP contribution in [0, 0.1) is 17.8 Å². The summed E-state index contributed by atoms with van der Waals surface area (Å²) in [6.45, 7) is 3.50. The Kier molecular flexibility index (Phi) is 5.59. The van der Waals surface area contributed by atoms with E-state index >= 15 is 0 Å². The van der Waals surface area contributed by atoms with Gasteiger partial charge in [0.15, 0.2) is 11.6 Å². The number of hydrogen-bond acceptors (Lipinski definition) is 6. The van der Waals surface area contributed by atoms with E-state index in [1.807, 2.05) is 18.7 Å². The van der Waals surface area contributed by atoms with E-state index in [9.17, 15) is 22.0 Å². The first-order valence-electron chi connectivity index (χ1n) is 10.5. The van der Waals surface area contributed by atoms with E-state index in [4.69, 9.17) is 11.5 Å². The van der Waals surface area contributed by atoms with Gasteiger partial charge >= 0.3 is 6.36 Å². The van der Waals surface area contributed by atoms with Crippen LogP contribution in [0.5, 0.6) is 5.75 Å². The number of nitrogens with zero attached hydrogens (tertiary/aromatic N) is 3. The van der Waals surface area contributed by atoms with E-state index < -0.39 is 23.9 Å². The SMILES string of the molecule is CC(C)N=C(C=C(N)c1cnc(N)c(OC(F)(F)F)c1)C1[C@H]2CC(N3CC(F)(F)C3)C[C@@H]12. The minimum Gasteiger partial charge on any atom is -0.402 e. The Morgan fingerprint density at radius 3 is 2.44 bits per heavy atom. The summed E-state index contributed by atoms with van der Waals surface area (Å²) in [5.41, 5.74) is 12.9. The van der Waals surface area contributed by atoms with Crippen molar-refractivity contribution >= 4 is 17.2 Å². The lowest BCUT2D eigenvalue weighted by molar-refractivity contribution is -0.274. The van der Waals surface area contributed by atoms with Crippen molar-refractivity contribution in [2.75, 3.05) is 18.8 Å². The Morgan fingerprint density at radius 2 is 1.91 bits per heavy atom. The Labute approximate surface area is 182 Å². The number of ether oxygens (including phenoxy) is 1. The molecule has 2 unspecified atom stereocenters. The number of aromatic nitrogens is 1. The topological polar surface area (TPSA) is 89.8 Å². The maximum atomic E-state index is 13.2. The Balaban J connectivity index is 1.48. The van der Waals surface area contributed by atoms with Crippen LogP contribution in [0.15, 0.2) is 23.3 Å². The highest BCUT2D eigenvalue weighted by atomic mass is 19.4. The summed E-state index contributed by atoms with van der Waals surface area (Å²) in [5.74, 6) is -2.72. The van der Waals surface area contributed by atoms with Crippen molar-refractivity contribution in [3.8, 4) is 5.75 Å². The number of aliphatic imine (C=N–C) groups is 1. The van der Waals surface area contributed by atoms with Crippen molar-refractivity contribution in [1.29, 1.82) is 0 Å². The maximum Gasteiger partial charge on any atom is 0.573 e. The number of rotatable bonds is 6. The van der Waals surface area contributed by atoms with Gasteiger partial charge < -0.3 is 16.2 Å². The van der Waals surface area contributed by atoms with Crippen LogP contribution in [-0.2, 0) is 0 Å². The van der Waals surface area contributed by atoms with Crippen LogP contribution in [-0.4, -0.2) is 53.1 Å². The highest BCUT2D eigenvalue weighted by molar-refractivity contribution is 6.04. The molecule has 0 spiro atoms. The van der Waals surface area contributed by atoms with E-state index in [1.165, 1.54) is 6.20 Å². The molecule has 4 rings (SSSR count). The molecule has 6 nitrogen and oxygen atoms in total. The quantitative estimate of drug-likeness (QED) is 0.500. The van der Waals surface area contributed by atoms with Crippen molar-refractivity contribution < 1.29 is 26.7 Å². The fourth-order valence-corrected chi connectivity index (χ4v) is 4.94. The smallest absolute Gasteiger partial charge is 0.402 e. The maximum absolute atomic E-state index is 13.2. The molecule has 3 fully saturated rings. The molecule has 2 saturated carbocycles. The predicted molar refractivity (Wildman–Crippen MR) is 110 cm³/mol. The first-order valence-corrected chi connectivity index (χ1v) is 10.5. The summed E-state index contributed by atoms with van der Waals surface area (Å²) in [6.07, 6.45) is -0.280. The molecular weight excluding hydrogens is 433 g/mol. The second kappa shape index (κ2) is 7.86. The van der Waals surface area contributed by atoms with Crippen LogP contribution in [0.4, 0.5) is 27.8 Å². The molecule has 2 aliphatic carbocycles. The van der Waals surface area contributed by atoms with Gasteiger partial charge in [-0.1, -0.05) is 0 Å². The average Bonchev–Trinajstić information content (AvgIpc) is 3.13. The number of hydrogen-bond donors (Lipinski definition) is 2. The fourth-order valence-electron chi connectivity index (χ4n) is 4.94. The Morgan fingerprint density at radius 1 is 1.28 bits per heavy atom. The molecule has 3 aliphatic rings. The third-order valence-corrected chi connectivity index (χ3v) is 6.30. The monoisotopic (exact) mass is 459 g/mol. The number of nitrogen functional groups attached to an aromatic ring is 1. The number of likely N-dealkylation sites (tertiary alicyclic amines) is 1. The number of fused-ring (bicyclic) bond motifs is 1. The van der Waals surface area contributed by atoms with Crippen LogP contribution >= 0.6 is 0 Å². The first kappa shape index (κ1) is 22.8. The first-order chi connectivity index (χ1) is 14.8. The number of anilines is 1. The molecule has 0 aromatic carbocycles. The van der Waals surface area contributed by atoms with Crippen LogP contribution in [0.3, 0.4) is 0 Å². The van der Waals surface area contributed by atoms with Gasteiger partial charge in [-0.3, -0.25) is 9.89 Å². The largest absolute Gasteiger partial charge is 0.573 e. The van der Waals surface area contributed by atoms with Crippen LogP contribution < -0.4 is 16.2 Å². The minimum atomic E-state index is -4.90. The Hall–Kier alpha value is -2.43. The molecule has 2 heterocycles. The second-order valence-corrected chi connectivity index (χ2v) is 9.14. The van der Waals surface area contributed by atoms with Gasteiger partial charge in [0.1, 0.15) is 0 Å². The third-order valence-electron chi connectivity index (χ3n) is 6.30. The number of halogens is 5. The molecule has 176 valence electrons. The summed E-state index contributed by atoms with van der Waals surface area (Å²) >= 11 is 0. The lowest BCUT2D eigenvalue weighted by Crippen LogP contribution is -2.59. The van der Waals surface area contributed by atoms with Crippen LogP contribution in [0.2, 0.25) is 0 Å². The molecule has 1 saturated heterocycles. The zero-order valence-corrected chi connectivity index (χ0v) is 17.7. The standard InChI is InChI=1S/C21H26F5N5O/c1-10(2)30-16(18-13-4-12(5-14(13)18)31-8-20(22,23)9-31)6-15(27)11-3-17(19(28)29-7-11)32-21(24,25)26/h3,6-7,10,12-14,18H,4-5,8-9,27H2,1-2H3,(H2,28,29)/t12?,13-,14+,18?. The van der Waals surface area contributed by atoms with Gasteiger partial charge in [0.05, 0.1) is 13.1 Å². The van der Waals surface area contributed by atoms with Crippen molar-refractivity contribution in [2.24, 2.45) is 28.5 Å². The Bertz CT molecular complexity index is 925. The summed E-state index contributed by atoms with van der Waals surface area (Å²) < 4.78 is 68.1. The van der Waals surface area contributed by atoms with Gasteiger partial charge in [-0.2, -0.15) is 0 Å². The van der Waals surface area contributed by atoms with E-state index in [-0.39, 0.29) is 42.4 Å². The van der Waals surface area contributed by atoms with Gasteiger partial charge in [-0.15, -0.1) is 13.2 Å². The number of alkyl halides is 5. The zero-order valence-electron chi connectivity index (χ0n) is 17.7. The molecule has 0 amide bonds. The highest BCUT2D eigenvalue weighted by Crippen LogP contribution is 2.60. The van der Waals surface area contributed by atoms with Crippen LogP contribution in [0.1, 0.15) is 32.3 Å². The van der Waals surface area contributed by atoms with E-state index in [2.05, 4.69) is 14.7 Å². The van der Waals surface area contributed by atoms with Gasteiger partial charge in [0.2, 0.25) is 0 Å². The van der Waals surface area contributed by atoms with Crippen molar-refractivity contribution in [3.63, 3.8) is 0 Å². The molecule has 11 heteroatoms. The molecule has 4 atom stereocenters. The number of allylic oxidation sites excluding steroid dienone is 1. The summed E-state index contributed by atoms with van der Waals surface area (Å²) in [7, 11) is 0. The van der Waals surface area contributed by atoms with E-state index in [0.717, 1.165) is 24.6 Å². The summed E-state index contributed by atoms with van der Waals surface area (Å²) in [6, 6.07) is 1.27. The van der Waals surface area contributed by atoms with Crippen molar-refractivity contribution in [2.45, 2.75) is 51.1 Å². The molecule has 1 aliphatic heterocycles. The van der Waals surface area contributed by atoms with Gasteiger partial charge in [-0.05, 0) is 50.7 Å². The highest BCUT2D eigenvalue weighted by Gasteiger charge is 2.60. The van der Waals surface area contributed by atoms with Gasteiger partial charge in [0, 0.05) is 41.2 Å². The molecule has 1 aromatic rings. The van der Waals surface area contributed by atoms with Crippen LogP contribution in [0.25, 0.3) is 5.70 Å². The zero-order chi connectivity index (χ0) is 23.4. The number of pyridine rings is 1. The van der Waals surface area contributed by atoms with E-state index in [0.29, 0.717) is 11.8 Å². The van der Waals surface area contributed by atoms with Gasteiger partial charge in [0.25, 0.3) is 5.92 Å². The van der Waals surface area contributed by atoms with Gasteiger partial charge in [-0.25, -0.2) is 13.8 Å². The van der Waals surface area contributed by atoms with Crippen molar-refractivity contribution in [3.05, 3.63) is 23.9 Å². The lowest BCUT2D eigenvalue weighted by atomic mass is 9.97. The fraction of sp³-hybridized carbons (Fsp3) is 0.619. The summed E-state index contributed by atoms with van der Waals surface area (Å²) in [4.78, 5) is 10.3. The lowest BCUT2D eigenvalue weighted by Gasteiger charge is -2.43.